The number of amides is 2. The molecule has 0 aliphatic rings. The predicted molar refractivity (Wildman–Crippen MR) is 111 cm³/mol. The molecule has 3 N–H and O–H groups in total. The van der Waals surface area contributed by atoms with E-state index < -0.39 is 22.8 Å². The highest BCUT2D eigenvalue weighted by atomic mass is 32.1. The molecule has 0 aliphatic heterocycles. The number of thiophene rings is 2. The number of benzene rings is 1. The summed E-state index contributed by atoms with van der Waals surface area (Å²) < 4.78 is 0. The maximum Gasteiger partial charge on any atom is 0.313 e. The van der Waals surface area contributed by atoms with E-state index in [0.717, 1.165) is 14.6 Å². The third-order valence-corrected chi connectivity index (χ3v) is 6.14. The number of nitrogens with one attached hydrogen (secondary N) is 2. The Labute approximate surface area is 174 Å². The summed E-state index contributed by atoms with van der Waals surface area (Å²) in [7, 11) is 0. The van der Waals surface area contributed by atoms with E-state index in [1.165, 1.54) is 40.9 Å². The molecule has 10 heteroatoms. The lowest BCUT2D eigenvalue weighted by atomic mass is 10.2. The molecule has 0 saturated heterocycles. The molecular weight excluding hydrogens is 414 g/mol. The number of aryl methyl sites for hydroxylation is 1. The number of non-ortho nitro benzene ring substituents is 1. The van der Waals surface area contributed by atoms with Gasteiger partial charge in [-0.05, 0) is 36.1 Å². The summed E-state index contributed by atoms with van der Waals surface area (Å²) in [6.07, 6.45) is -0.718. The van der Waals surface area contributed by atoms with Crippen molar-refractivity contribution in [2.75, 3.05) is 5.32 Å². The van der Waals surface area contributed by atoms with E-state index in [4.69, 9.17) is 0 Å². The van der Waals surface area contributed by atoms with Crippen LogP contribution in [0, 0.1) is 17.0 Å². The molecule has 1 atom stereocenters. The van der Waals surface area contributed by atoms with Gasteiger partial charge in [-0.3, -0.25) is 19.7 Å². The fourth-order valence-electron chi connectivity index (χ4n) is 2.51. The largest absolute Gasteiger partial charge is 0.382 e. The second-order valence-corrected chi connectivity index (χ2v) is 8.29. The van der Waals surface area contributed by atoms with Crippen LogP contribution in [0.1, 0.15) is 26.3 Å². The van der Waals surface area contributed by atoms with Crippen LogP contribution < -0.4 is 10.6 Å². The quantitative estimate of drug-likeness (QED) is 0.314. The van der Waals surface area contributed by atoms with E-state index in [0.29, 0.717) is 5.56 Å². The Hall–Kier alpha value is -3.08. The molecule has 150 valence electrons. The van der Waals surface area contributed by atoms with Gasteiger partial charge in [0.05, 0.1) is 17.2 Å². The number of hydrogen-bond acceptors (Lipinski definition) is 7. The van der Waals surface area contributed by atoms with E-state index >= 15 is 0 Å². The average Bonchev–Trinajstić information content (AvgIpc) is 3.39. The highest BCUT2D eigenvalue weighted by molar-refractivity contribution is 7.12. The fourth-order valence-corrected chi connectivity index (χ4v) is 4.27. The molecule has 29 heavy (non-hydrogen) atoms. The van der Waals surface area contributed by atoms with Gasteiger partial charge in [0, 0.05) is 26.8 Å². The zero-order valence-electron chi connectivity index (χ0n) is 15.2. The van der Waals surface area contributed by atoms with Crippen molar-refractivity contribution in [2.45, 2.75) is 19.6 Å². The monoisotopic (exact) mass is 431 g/mol. The molecule has 0 bridgehead atoms. The van der Waals surface area contributed by atoms with Gasteiger partial charge in [-0.2, -0.15) is 0 Å². The number of carbonyl (C=O) groups excluding carboxylic acids is 2. The minimum atomic E-state index is -0.913. The van der Waals surface area contributed by atoms with E-state index in [2.05, 4.69) is 10.6 Å². The summed E-state index contributed by atoms with van der Waals surface area (Å²) in [6.45, 7) is 1.80. The Bertz CT molecular complexity index is 1050. The third kappa shape index (κ3) is 5.05. The van der Waals surface area contributed by atoms with Crippen LogP contribution in [0.25, 0.3) is 0 Å². The minimum Gasteiger partial charge on any atom is -0.382 e. The number of nitrogens with zero attached hydrogens (tertiary/aromatic N) is 1. The van der Waals surface area contributed by atoms with Gasteiger partial charge in [-0.15, -0.1) is 22.7 Å². The molecule has 0 spiro atoms. The van der Waals surface area contributed by atoms with Crippen molar-refractivity contribution < 1.29 is 19.6 Å². The summed E-state index contributed by atoms with van der Waals surface area (Å²) in [5.74, 6) is -1.77. The Morgan fingerprint density at radius 3 is 2.66 bits per heavy atom. The van der Waals surface area contributed by atoms with Crippen LogP contribution in [0.3, 0.4) is 0 Å². The van der Waals surface area contributed by atoms with Crippen molar-refractivity contribution in [3.8, 4) is 0 Å². The number of nitro groups is 1. The molecule has 3 aromatic rings. The van der Waals surface area contributed by atoms with Crippen molar-refractivity contribution in [3.05, 3.63) is 78.2 Å². The molecule has 8 nitrogen and oxygen atoms in total. The number of aliphatic hydroxyl groups excluding tert-OH is 1. The molecule has 2 amide bonds. The molecule has 3 rings (SSSR count). The molecule has 0 fully saturated rings. The molecule has 0 aliphatic carbocycles. The Morgan fingerprint density at radius 1 is 1.17 bits per heavy atom. The second kappa shape index (κ2) is 8.95. The van der Waals surface area contributed by atoms with Crippen molar-refractivity contribution >= 4 is 45.9 Å². The van der Waals surface area contributed by atoms with Crippen molar-refractivity contribution in [3.63, 3.8) is 0 Å². The molecular formula is C19H17N3O5S2. The van der Waals surface area contributed by atoms with Gasteiger partial charge in [-0.25, -0.2) is 0 Å². The number of rotatable bonds is 6. The van der Waals surface area contributed by atoms with Crippen molar-refractivity contribution in [1.29, 1.82) is 0 Å². The zero-order valence-corrected chi connectivity index (χ0v) is 16.9. The Kier molecular flexibility index (Phi) is 6.37. The van der Waals surface area contributed by atoms with Gasteiger partial charge in [0.1, 0.15) is 6.10 Å². The Balaban J connectivity index is 1.58. The molecule has 0 radical (unpaired) electrons. The van der Waals surface area contributed by atoms with Crippen LogP contribution in [0.5, 0.6) is 0 Å². The first-order valence-corrected chi connectivity index (χ1v) is 10.2. The fraction of sp³-hybridized carbons (Fsp3) is 0.158. The average molecular weight is 431 g/mol. The van der Waals surface area contributed by atoms with Crippen molar-refractivity contribution in [2.24, 2.45) is 0 Å². The highest BCUT2D eigenvalue weighted by Gasteiger charge is 2.18. The third-order valence-electron chi connectivity index (χ3n) is 4.07. The van der Waals surface area contributed by atoms with Crippen LogP contribution in [-0.4, -0.2) is 21.8 Å². The van der Waals surface area contributed by atoms with E-state index in [-0.39, 0.29) is 17.9 Å². The van der Waals surface area contributed by atoms with Gasteiger partial charge in [0.25, 0.3) is 5.69 Å². The molecule has 0 saturated carbocycles. The number of aliphatic hydroxyl groups is 1. The molecule has 1 aromatic carbocycles. The second-order valence-electron chi connectivity index (χ2n) is 6.12. The van der Waals surface area contributed by atoms with Gasteiger partial charge in [0.2, 0.25) is 0 Å². The molecule has 2 heterocycles. The summed E-state index contributed by atoms with van der Waals surface area (Å²) >= 11 is 2.79. The number of nitro benzene ring substituents is 1. The first-order valence-electron chi connectivity index (χ1n) is 8.49. The van der Waals surface area contributed by atoms with E-state index in [1.54, 1.807) is 19.1 Å². The van der Waals surface area contributed by atoms with Crippen LogP contribution in [0.2, 0.25) is 0 Å². The topological polar surface area (TPSA) is 122 Å². The molecule has 1 unspecified atom stereocenters. The SMILES string of the molecule is Cc1ccc([N+](=O)[O-])cc1NC(=O)C(=O)NCc1ccc(C(O)c2cccs2)s1. The van der Waals surface area contributed by atoms with Gasteiger partial charge < -0.3 is 15.7 Å². The summed E-state index contributed by atoms with van der Waals surface area (Å²) in [6, 6.07) is 11.3. The van der Waals surface area contributed by atoms with Crippen molar-refractivity contribution in [1.82, 2.24) is 5.32 Å². The lowest BCUT2D eigenvalue weighted by Crippen LogP contribution is -2.34. The summed E-state index contributed by atoms with van der Waals surface area (Å²) in [5, 5.41) is 28.0. The lowest BCUT2D eigenvalue weighted by molar-refractivity contribution is -0.384. The highest BCUT2D eigenvalue weighted by Crippen LogP contribution is 2.30. The molecule has 2 aromatic heterocycles. The van der Waals surface area contributed by atoms with Crippen LogP contribution >= 0.6 is 22.7 Å². The first kappa shape index (κ1) is 20.6. The first-order chi connectivity index (χ1) is 13.8. The minimum absolute atomic E-state index is 0.127. The number of carbonyl (C=O) groups is 2. The van der Waals surface area contributed by atoms with Gasteiger partial charge in [0.15, 0.2) is 0 Å². The lowest BCUT2D eigenvalue weighted by Gasteiger charge is -2.08. The maximum absolute atomic E-state index is 12.1. The van der Waals surface area contributed by atoms with Gasteiger partial charge >= 0.3 is 11.8 Å². The van der Waals surface area contributed by atoms with Crippen LogP contribution in [0.4, 0.5) is 11.4 Å². The maximum atomic E-state index is 12.1. The predicted octanol–water partition coefficient (Wildman–Crippen LogP) is 3.36. The summed E-state index contributed by atoms with van der Waals surface area (Å²) in [5.41, 5.74) is 0.626. The van der Waals surface area contributed by atoms with Gasteiger partial charge in [-0.1, -0.05) is 12.1 Å². The number of anilines is 1. The summed E-state index contributed by atoms with van der Waals surface area (Å²) in [4.78, 5) is 36.8. The van der Waals surface area contributed by atoms with Crippen LogP contribution in [0.15, 0.2) is 47.8 Å². The van der Waals surface area contributed by atoms with E-state index in [9.17, 15) is 24.8 Å². The standard InChI is InChI=1S/C19H17N3O5S2/c1-11-4-5-12(22(26)27)9-14(11)21-19(25)18(24)20-10-13-6-7-16(29-13)17(23)15-3-2-8-28-15/h2-9,17,23H,10H2,1H3,(H,20,24)(H,21,25). The Morgan fingerprint density at radius 2 is 1.97 bits per heavy atom. The number of hydrogen-bond donors (Lipinski definition) is 3. The van der Waals surface area contributed by atoms with E-state index in [1.807, 2.05) is 17.5 Å². The van der Waals surface area contributed by atoms with Crippen LogP contribution in [-0.2, 0) is 16.1 Å². The normalized spacial score (nSPS) is 11.7. The smallest absolute Gasteiger partial charge is 0.313 e. The zero-order chi connectivity index (χ0) is 21.0.